The summed E-state index contributed by atoms with van der Waals surface area (Å²) < 4.78 is 5.42. The lowest BCUT2D eigenvalue weighted by Gasteiger charge is -2.26. The van der Waals surface area contributed by atoms with Gasteiger partial charge >= 0.3 is 0 Å². The van der Waals surface area contributed by atoms with Crippen LogP contribution in [0.1, 0.15) is 12.5 Å². The molecule has 0 aliphatic carbocycles. The van der Waals surface area contributed by atoms with Crippen LogP contribution >= 0.6 is 23.5 Å². The number of hydrogen-bond donors (Lipinski definition) is 0. The Hall–Kier alpha value is -0.810. The van der Waals surface area contributed by atoms with E-state index in [1.54, 1.807) is 11.8 Å². The van der Waals surface area contributed by atoms with Gasteiger partial charge < -0.3 is 9.64 Å². The molecule has 0 saturated carbocycles. The maximum atomic E-state index is 12.3. The Labute approximate surface area is 129 Å². The van der Waals surface area contributed by atoms with Crippen molar-refractivity contribution in [3.05, 3.63) is 29.8 Å². The van der Waals surface area contributed by atoms with Crippen LogP contribution in [0.25, 0.3) is 0 Å². The molecule has 1 fully saturated rings. The number of carbonyl (C=O) groups is 1. The van der Waals surface area contributed by atoms with Crippen LogP contribution in [0, 0.1) is 0 Å². The number of nitrogens with zero attached hydrogens (tertiary/aromatic N) is 1. The fourth-order valence-electron chi connectivity index (χ4n) is 2.09. The van der Waals surface area contributed by atoms with Gasteiger partial charge in [0.1, 0.15) is 5.75 Å². The first-order chi connectivity index (χ1) is 9.70. The van der Waals surface area contributed by atoms with Gasteiger partial charge in [-0.3, -0.25) is 4.79 Å². The molecule has 2 rings (SSSR count). The molecule has 1 aliphatic rings. The topological polar surface area (TPSA) is 29.5 Å². The number of hydrogen-bond acceptors (Lipinski definition) is 4. The molecule has 0 N–H and O–H groups in total. The van der Waals surface area contributed by atoms with E-state index in [1.807, 2.05) is 54.9 Å². The van der Waals surface area contributed by atoms with Crippen molar-refractivity contribution in [1.82, 2.24) is 4.90 Å². The largest absolute Gasteiger partial charge is 0.494 e. The third kappa shape index (κ3) is 4.35. The van der Waals surface area contributed by atoms with Gasteiger partial charge in [0.25, 0.3) is 0 Å². The lowest BCUT2D eigenvalue weighted by molar-refractivity contribution is -0.129. The summed E-state index contributed by atoms with van der Waals surface area (Å²) >= 11 is 3.66. The van der Waals surface area contributed by atoms with Gasteiger partial charge in [-0.1, -0.05) is 12.1 Å². The Morgan fingerprint density at radius 3 is 2.70 bits per heavy atom. The van der Waals surface area contributed by atoms with E-state index in [9.17, 15) is 4.79 Å². The van der Waals surface area contributed by atoms with E-state index in [4.69, 9.17) is 4.74 Å². The average molecular weight is 311 g/mol. The Bertz CT molecular complexity index is 430. The predicted octanol–water partition coefficient (Wildman–Crippen LogP) is 2.89. The lowest BCUT2D eigenvalue weighted by Crippen LogP contribution is -2.37. The minimum Gasteiger partial charge on any atom is -0.494 e. The van der Waals surface area contributed by atoms with Gasteiger partial charge in [0.2, 0.25) is 5.91 Å². The predicted molar refractivity (Wildman–Crippen MR) is 87.7 cm³/mol. The van der Waals surface area contributed by atoms with Gasteiger partial charge in [0.15, 0.2) is 0 Å². The minimum absolute atomic E-state index is 0.126. The van der Waals surface area contributed by atoms with E-state index in [0.717, 1.165) is 28.6 Å². The summed E-state index contributed by atoms with van der Waals surface area (Å²) in [6.45, 7) is 3.31. The first-order valence-electron chi connectivity index (χ1n) is 6.86. The van der Waals surface area contributed by atoms with E-state index in [2.05, 4.69) is 0 Å². The Balaban J connectivity index is 1.89. The summed E-state index contributed by atoms with van der Waals surface area (Å²) in [5.41, 5.74) is 1.14. The monoisotopic (exact) mass is 311 g/mol. The Morgan fingerprint density at radius 2 is 2.10 bits per heavy atom. The molecule has 20 heavy (non-hydrogen) atoms. The highest BCUT2D eigenvalue weighted by Gasteiger charge is 2.24. The van der Waals surface area contributed by atoms with Crippen molar-refractivity contribution >= 4 is 29.4 Å². The third-order valence-corrected chi connectivity index (χ3v) is 5.86. The number of carbonyl (C=O) groups excluding carboxylic acids is 1. The van der Waals surface area contributed by atoms with Crippen molar-refractivity contribution in [3.8, 4) is 5.75 Å². The zero-order valence-corrected chi connectivity index (χ0v) is 13.6. The van der Waals surface area contributed by atoms with Crippen molar-refractivity contribution in [3.63, 3.8) is 0 Å². The molecular weight excluding hydrogens is 290 g/mol. The highest BCUT2D eigenvalue weighted by Crippen LogP contribution is 2.25. The van der Waals surface area contributed by atoms with Gasteiger partial charge in [0, 0.05) is 30.9 Å². The molecular formula is C15H21NO2S2. The molecule has 0 spiro atoms. The van der Waals surface area contributed by atoms with Crippen LogP contribution in [0.5, 0.6) is 5.75 Å². The zero-order valence-electron chi connectivity index (χ0n) is 12.0. The molecule has 0 radical (unpaired) electrons. The highest BCUT2D eigenvalue weighted by molar-refractivity contribution is 8.07. The zero-order chi connectivity index (χ0) is 14.4. The molecule has 110 valence electrons. The van der Waals surface area contributed by atoms with E-state index in [-0.39, 0.29) is 11.2 Å². The van der Waals surface area contributed by atoms with Crippen molar-refractivity contribution < 1.29 is 9.53 Å². The molecule has 1 amide bonds. The SMILES string of the molecule is CCOc1ccc(CN(C)C(=O)C2CSCCS2)cc1. The number of thioether (sulfide) groups is 2. The summed E-state index contributed by atoms with van der Waals surface area (Å²) in [6, 6.07) is 7.97. The first-order valence-corrected chi connectivity index (χ1v) is 9.07. The van der Waals surface area contributed by atoms with Gasteiger partial charge in [-0.25, -0.2) is 0 Å². The standard InChI is InChI=1S/C15H21NO2S2/c1-3-18-13-6-4-12(5-7-13)10-16(2)15(17)14-11-19-8-9-20-14/h4-7,14H,3,8-11H2,1-2H3. The normalized spacial score (nSPS) is 18.6. The molecule has 1 heterocycles. The quantitative estimate of drug-likeness (QED) is 0.836. The molecule has 0 aromatic heterocycles. The second kappa shape index (κ2) is 7.84. The van der Waals surface area contributed by atoms with Crippen LogP contribution in [0.4, 0.5) is 0 Å². The second-order valence-electron chi connectivity index (χ2n) is 4.71. The summed E-state index contributed by atoms with van der Waals surface area (Å²) in [5.74, 6) is 4.31. The van der Waals surface area contributed by atoms with Crippen LogP contribution in [0.15, 0.2) is 24.3 Å². The van der Waals surface area contributed by atoms with Crippen molar-refractivity contribution in [2.45, 2.75) is 18.7 Å². The third-order valence-electron chi connectivity index (χ3n) is 3.12. The van der Waals surface area contributed by atoms with E-state index < -0.39 is 0 Å². The van der Waals surface area contributed by atoms with Crippen molar-refractivity contribution in [2.24, 2.45) is 0 Å². The Morgan fingerprint density at radius 1 is 1.35 bits per heavy atom. The first kappa shape index (κ1) is 15.6. The fraction of sp³-hybridized carbons (Fsp3) is 0.533. The van der Waals surface area contributed by atoms with Gasteiger partial charge in [-0.15, -0.1) is 11.8 Å². The molecule has 1 aromatic rings. The van der Waals surface area contributed by atoms with Crippen LogP contribution in [-0.2, 0) is 11.3 Å². The number of amides is 1. The summed E-state index contributed by atoms with van der Waals surface area (Å²) in [6.07, 6.45) is 0. The van der Waals surface area contributed by atoms with Crippen LogP contribution in [0.3, 0.4) is 0 Å². The van der Waals surface area contributed by atoms with Crippen molar-refractivity contribution in [2.75, 3.05) is 30.9 Å². The number of rotatable bonds is 5. The summed E-state index contributed by atoms with van der Waals surface area (Å²) in [4.78, 5) is 14.2. The average Bonchev–Trinajstić information content (AvgIpc) is 2.49. The molecule has 1 aliphatic heterocycles. The number of ether oxygens (including phenoxy) is 1. The van der Waals surface area contributed by atoms with Crippen molar-refractivity contribution in [1.29, 1.82) is 0 Å². The maximum absolute atomic E-state index is 12.3. The molecule has 0 bridgehead atoms. The van der Waals surface area contributed by atoms with Gasteiger partial charge in [0.05, 0.1) is 11.9 Å². The molecule has 1 aromatic carbocycles. The molecule has 5 heteroatoms. The van der Waals surface area contributed by atoms with Gasteiger partial charge in [-0.2, -0.15) is 11.8 Å². The van der Waals surface area contributed by atoms with E-state index in [0.29, 0.717) is 13.2 Å². The van der Waals surface area contributed by atoms with Gasteiger partial charge in [-0.05, 0) is 24.6 Å². The number of benzene rings is 1. The molecule has 1 unspecified atom stereocenters. The maximum Gasteiger partial charge on any atom is 0.236 e. The summed E-state index contributed by atoms with van der Waals surface area (Å²) in [7, 11) is 1.89. The van der Waals surface area contributed by atoms with Crippen LogP contribution in [0.2, 0.25) is 0 Å². The smallest absolute Gasteiger partial charge is 0.236 e. The second-order valence-corrected chi connectivity index (χ2v) is 7.17. The molecule has 3 nitrogen and oxygen atoms in total. The minimum atomic E-state index is 0.126. The molecule has 1 atom stereocenters. The van der Waals surface area contributed by atoms with Crippen LogP contribution < -0.4 is 4.74 Å². The van der Waals surface area contributed by atoms with E-state index >= 15 is 0 Å². The highest BCUT2D eigenvalue weighted by atomic mass is 32.2. The molecule has 1 saturated heterocycles. The van der Waals surface area contributed by atoms with Crippen LogP contribution in [-0.4, -0.2) is 47.0 Å². The Kier molecular flexibility index (Phi) is 6.10. The fourth-order valence-corrected chi connectivity index (χ4v) is 4.75. The lowest BCUT2D eigenvalue weighted by atomic mass is 10.2. The summed E-state index contributed by atoms with van der Waals surface area (Å²) in [5, 5.41) is 0.126. The van der Waals surface area contributed by atoms with E-state index in [1.165, 1.54) is 0 Å².